The summed E-state index contributed by atoms with van der Waals surface area (Å²) in [5.74, 6) is -0.442. The molecule has 0 spiro atoms. The van der Waals surface area contributed by atoms with Crippen LogP contribution in [0.15, 0.2) is 53.4 Å². The Morgan fingerprint density at radius 1 is 1.00 bits per heavy atom. The number of nitro groups is 1. The molecule has 0 radical (unpaired) electrons. The maximum absolute atomic E-state index is 12.5. The van der Waals surface area contributed by atoms with E-state index in [1.165, 1.54) is 52.8 Å². The molecule has 1 aliphatic rings. The number of benzene rings is 2. The molecule has 28 heavy (non-hydrogen) atoms. The summed E-state index contributed by atoms with van der Waals surface area (Å²) in [6.07, 6.45) is 1.66. The van der Waals surface area contributed by atoms with Gasteiger partial charge in [-0.15, -0.1) is 0 Å². The van der Waals surface area contributed by atoms with E-state index in [1.54, 1.807) is 0 Å². The van der Waals surface area contributed by atoms with Crippen LogP contribution in [0.3, 0.4) is 0 Å². The highest BCUT2D eigenvalue weighted by atomic mass is 32.2. The molecule has 0 atom stereocenters. The zero-order valence-corrected chi connectivity index (χ0v) is 16.4. The molecule has 1 saturated heterocycles. The topological polar surface area (TPSA) is 127 Å². The van der Waals surface area contributed by atoms with Crippen LogP contribution in [0.2, 0.25) is 0 Å². The molecule has 2 aromatic carbocycles. The maximum Gasteiger partial charge on any atom is 0.269 e. The minimum Gasteiger partial charge on any atom is -0.283 e. The van der Waals surface area contributed by atoms with Crippen molar-refractivity contribution >= 4 is 31.4 Å². The predicted molar refractivity (Wildman–Crippen MR) is 104 cm³/mol. The van der Waals surface area contributed by atoms with Gasteiger partial charge in [-0.25, -0.2) is 16.8 Å². The van der Waals surface area contributed by atoms with E-state index in [-0.39, 0.29) is 21.8 Å². The fraction of sp³-hybridized carbons (Fsp3) is 0.294. The zero-order valence-electron chi connectivity index (χ0n) is 14.8. The normalized spacial score (nSPS) is 15.4. The minimum atomic E-state index is -3.83. The van der Waals surface area contributed by atoms with Gasteiger partial charge in [0.2, 0.25) is 20.0 Å². The molecule has 0 bridgehead atoms. The molecule has 0 unspecified atom stereocenters. The lowest BCUT2D eigenvalue weighted by molar-refractivity contribution is -0.384. The van der Waals surface area contributed by atoms with E-state index in [1.807, 2.05) is 0 Å². The Hall–Kier alpha value is -2.50. The van der Waals surface area contributed by atoms with E-state index in [9.17, 15) is 26.9 Å². The Labute approximate surface area is 163 Å². The van der Waals surface area contributed by atoms with Crippen LogP contribution in [0.4, 0.5) is 11.4 Å². The molecule has 2 aromatic rings. The molecule has 1 N–H and O–H groups in total. The maximum atomic E-state index is 12.5. The quantitative estimate of drug-likeness (QED) is 0.536. The zero-order chi connectivity index (χ0) is 20.4. The van der Waals surface area contributed by atoms with E-state index >= 15 is 0 Å². The Balaban J connectivity index is 1.72. The molecule has 0 amide bonds. The third-order valence-corrected chi connectivity index (χ3v) is 7.48. The average molecular weight is 425 g/mol. The molecule has 11 heteroatoms. The Kier molecular flexibility index (Phi) is 5.68. The summed E-state index contributed by atoms with van der Waals surface area (Å²) in [6, 6.07) is 10.9. The van der Waals surface area contributed by atoms with Crippen molar-refractivity contribution in [2.24, 2.45) is 0 Å². The van der Waals surface area contributed by atoms with E-state index < -0.39 is 30.7 Å². The Morgan fingerprint density at radius 3 is 2.25 bits per heavy atom. The number of nitrogens with one attached hydrogen (secondary N) is 1. The van der Waals surface area contributed by atoms with Gasteiger partial charge >= 0.3 is 0 Å². The highest BCUT2D eigenvalue weighted by Crippen LogP contribution is 2.23. The van der Waals surface area contributed by atoms with Crippen molar-refractivity contribution in [2.45, 2.75) is 23.5 Å². The second-order valence-electron chi connectivity index (χ2n) is 6.42. The van der Waals surface area contributed by atoms with Crippen molar-refractivity contribution < 1.29 is 21.8 Å². The summed E-state index contributed by atoms with van der Waals surface area (Å²) in [7, 11) is -7.39. The third-order valence-electron chi connectivity index (χ3n) is 4.31. The summed E-state index contributed by atoms with van der Waals surface area (Å²) in [6.45, 7) is 0.972. The number of rotatable bonds is 7. The van der Waals surface area contributed by atoms with Gasteiger partial charge in [0.25, 0.3) is 5.69 Å². The van der Waals surface area contributed by atoms with Gasteiger partial charge < -0.3 is 0 Å². The van der Waals surface area contributed by atoms with E-state index in [0.717, 1.165) is 12.8 Å². The molecule has 1 heterocycles. The predicted octanol–water partition coefficient (Wildman–Crippen LogP) is 2.32. The van der Waals surface area contributed by atoms with E-state index in [4.69, 9.17) is 0 Å². The summed E-state index contributed by atoms with van der Waals surface area (Å²) >= 11 is 0. The standard InChI is InChI=1S/C17H19N3O6S2/c21-20(22)16-5-3-4-14(12-16)13-27(23,24)18-15-6-8-17(9-7-15)28(25,26)19-10-1-2-11-19/h3-9,12,18H,1-2,10-11,13H2. The van der Waals surface area contributed by atoms with E-state index in [0.29, 0.717) is 13.1 Å². The molecule has 150 valence electrons. The summed E-state index contributed by atoms with van der Waals surface area (Å²) in [4.78, 5) is 10.3. The fourth-order valence-corrected chi connectivity index (χ4v) is 5.67. The van der Waals surface area contributed by atoms with Crippen LogP contribution in [0.25, 0.3) is 0 Å². The van der Waals surface area contributed by atoms with Crippen LogP contribution in [0.5, 0.6) is 0 Å². The van der Waals surface area contributed by atoms with Crippen LogP contribution < -0.4 is 4.72 Å². The van der Waals surface area contributed by atoms with Crippen molar-refractivity contribution in [3.05, 3.63) is 64.2 Å². The summed E-state index contributed by atoms with van der Waals surface area (Å²) < 4.78 is 53.4. The molecule has 0 aromatic heterocycles. The first-order valence-corrected chi connectivity index (χ1v) is 11.6. The lowest BCUT2D eigenvalue weighted by Crippen LogP contribution is -2.27. The molecule has 3 rings (SSSR count). The molecule has 1 aliphatic heterocycles. The van der Waals surface area contributed by atoms with Crippen molar-refractivity contribution in [2.75, 3.05) is 17.8 Å². The molecular formula is C17H19N3O6S2. The number of nitrogens with zero attached hydrogens (tertiary/aromatic N) is 2. The largest absolute Gasteiger partial charge is 0.283 e. The van der Waals surface area contributed by atoms with Gasteiger partial charge in [0.15, 0.2) is 0 Å². The molecular weight excluding hydrogens is 406 g/mol. The van der Waals surface area contributed by atoms with Crippen LogP contribution in [-0.4, -0.2) is 39.2 Å². The number of non-ortho nitro benzene ring substituents is 1. The van der Waals surface area contributed by atoms with Crippen molar-refractivity contribution in [3.63, 3.8) is 0 Å². The van der Waals surface area contributed by atoms with Crippen LogP contribution in [0, 0.1) is 10.1 Å². The van der Waals surface area contributed by atoms with Crippen LogP contribution in [0.1, 0.15) is 18.4 Å². The van der Waals surface area contributed by atoms with Gasteiger partial charge in [0.05, 0.1) is 15.6 Å². The van der Waals surface area contributed by atoms with Gasteiger partial charge in [-0.3, -0.25) is 14.8 Å². The monoisotopic (exact) mass is 425 g/mol. The van der Waals surface area contributed by atoms with Crippen molar-refractivity contribution in [1.82, 2.24) is 4.31 Å². The van der Waals surface area contributed by atoms with Crippen LogP contribution >= 0.6 is 0 Å². The Morgan fingerprint density at radius 2 is 1.64 bits per heavy atom. The van der Waals surface area contributed by atoms with Gasteiger partial charge in [0, 0.05) is 30.9 Å². The second-order valence-corrected chi connectivity index (χ2v) is 10.1. The first-order chi connectivity index (χ1) is 13.2. The number of anilines is 1. The second kappa shape index (κ2) is 7.86. The SMILES string of the molecule is O=[N+]([O-])c1cccc(CS(=O)(=O)Nc2ccc(S(=O)(=O)N3CCCC3)cc2)c1. The number of hydrogen-bond acceptors (Lipinski definition) is 6. The lowest BCUT2D eigenvalue weighted by atomic mass is 10.2. The molecule has 9 nitrogen and oxygen atoms in total. The van der Waals surface area contributed by atoms with Gasteiger partial charge in [0.1, 0.15) is 0 Å². The highest BCUT2D eigenvalue weighted by molar-refractivity contribution is 7.92. The smallest absolute Gasteiger partial charge is 0.269 e. The van der Waals surface area contributed by atoms with Gasteiger partial charge in [-0.1, -0.05) is 12.1 Å². The lowest BCUT2D eigenvalue weighted by Gasteiger charge is -2.16. The summed E-state index contributed by atoms with van der Waals surface area (Å²) in [5, 5.41) is 10.8. The molecule has 1 fully saturated rings. The third kappa shape index (κ3) is 4.66. The first kappa shape index (κ1) is 20.2. The Bertz CT molecular complexity index is 1080. The van der Waals surface area contributed by atoms with Crippen molar-refractivity contribution in [1.29, 1.82) is 0 Å². The number of nitro benzene ring substituents is 1. The van der Waals surface area contributed by atoms with Gasteiger partial charge in [-0.05, 0) is 42.7 Å². The van der Waals surface area contributed by atoms with Gasteiger partial charge in [-0.2, -0.15) is 4.31 Å². The number of hydrogen-bond donors (Lipinski definition) is 1. The van der Waals surface area contributed by atoms with Crippen molar-refractivity contribution in [3.8, 4) is 0 Å². The fourth-order valence-electron chi connectivity index (χ4n) is 2.97. The van der Waals surface area contributed by atoms with E-state index in [2.05, 4.69) is 4.72 Å². The first-order valence-electron chi connectivity index (χ1n) is 8.51. The minimum absolute atomic E-state index is 0.107. The number of sulfonamides is 2. The highest BCUT2D eigenvalue weighted by Gasteiger charge is 2.27. The molecule has 0 aliphatic carbocycles. The molecule has 0 saturated carbocycles. The summed E-state index contributed by atoms with van der Waals surface area (Å²) in [5.41, 5.74) is 0.296. The average Bonchev–Trinajstić information content (AvgIpc) is 3.17. The van der Waals surface area contributed by atoms with Crippen LogP contribution in [-0.2, 0) is 25.8 Å².